The van der Waals surface area contributed by atoms with Gasteiger partial charge in [0.05, 0.1) is 0 Å². The van der Waals surface area contributed by atoms with Gasteiger partial charge in [-0.25, -0.2) is 0 Å². The van der Waals surface area contributed by atoms with Crippen molar-refractivity contribution in [3.8, 4) is 0 Å². The first kappa shape index (κ1) is 23.4. The topological polar surface area (TPSA) is 52.7 Å². The van der Waals surface area contributed by atoms with E-state index in [0.29, 0.717) is 36.9 Å². The molecule has 1 saturated heterocycles. The molecular weight excluding hydrogens is 362 g/mol. The van der Waals surface area contributed by atoms with E-state index in [1.807, 2.05) is 36.1 Å². The van der Waals surface area contributed by atoms with Crippen molar-refractivity contribution in [1.82, 2.24) is 15.1 Å². The molecule has 1 aromatic carbocycles. The molecule has 1 aliphatic heterocycles. The number of carbonyl (C=O) groups is 2. The average Bonchev–Trinajstić information content (AvgIpc) is 2.66. The van der Waals surface area contributed by atoms with E-state index in [0.717, 1.165) is 18.7 Å². The van der Waals surface area contributed by atoms with E-state index in [2.05, 4.69) is 12.2 Å². The number of carbonyl (C=O) groups excluding carboxylic acids is 2. The molecule has 1 heterocycles. The van der Waals surface area contributed by atoms with Crippen molar-refractivity contribution in [2.24, 2.45) is 11.8 Å². The van der Waals surface area contributed by atoms with Crippen LogP contribution < -0.4 is 5.32 Å². The third-order valence-corrected chi connectivity index (χ3v) is 5.40. The van der Waals surface area contributed by atoms with Crippen LogP contribution in [0.25, 0.3) is 0 Å². The van der Waals surface area contributed by atoms with Crippen LogP contribution in [0.2, 0.25) is 0 Å². The van der Waals surface area contributed by atoms with E-state index in [1.54, 1.807) is 19.0 Å². The summed E-state index contributed by atoms with van der Waals surface area (Å²) in [7, 11) is 3.49. The lowest BCUT2D eigenvalue weighted by Gasteiger charge is -2.30. The SMILES string of the molecule is CCN(Cc1ccc(C(=O)N(C)C)cc1)C(=O)CC(C)C1CCNCC1.Cl. The number of nitrogens with one attached hydrogen (secondary N) is 1. The third-order valence-electron chi connectivity index (χ3n) is 5.40. The zero-order valence-corrected chi connectivity index (χ0v) is 17.8. The maximum absolute atomic E-state index is 12.7. The van der Waals surface area contributed by atoms with Crippen molar-refractivity contribution in [3.63, 3.8) is 0 Å². The molecular formula is C21H34ClN3O2. The minimum Gasteiger partial charge on any atom is -0.345 e. The van der Waals surface area contributed by atoms with Gasteiger partial charge in [0.25, 0.3) is 5.91 Å². The second-order valence-corrected chi connectivity index (χ2v) is 7.57. The van der Waals surface area contributed by atoms with E-state index in [9.17, 15) is 9.59 Å². The van der Waals surface area contributed by atoms with Crippen LogP contribution in [0.4, 0.5) is 0 Å². The van der Waals surface area contributed by atoms with Crippen LogP contribution in [-0.4, -0.2) is 55.3 Å². The predicted octanol–water partition coefficient (Wildman–Crippen LogP) is 3.18. The van der Waals surface area contributed by atoms with Crippen molar-refractivity contribution < 1.29 is 9.59 Å². The number of amides is 2. The molecule has 2 amide bonds. The van der Waals surface area contributed by atoms with Crippen LogP contribution in [0, 0.1) is 11.8 Å². The van der Waals surface area contributed by atoms with Crippen LogP contribution >= 0.6 is 12.4 Å². The van der Waals surface area contributed by atoms with Crippen LogP contribution in [0.5, 0.6) is 0 Å². The third kappa shape index (κ3) is 6.82. The zero-order chi connectivity index (χ0) is 19.1. The van der Waals surface area contributed by atoms with Crippen LogP contribution in [-0.2, 0) is 11.3 Å². The lowest BCUT2D eigenvalue weighted by Crippen LogP contribution is -2.35. The largest absolute Gasteiger partial charge is 0.345 e. The summed E-state index contributed by atoms with van der Waals surface area (Å²) in [5.41, 5.74) is 1.73. The molecule has 0 radical (unpaired) electrons. The Morgan fingerprint density at radius 3 is 2.26 bits per heavy atom. The van der Waals surface area contributed by atoms with Gasteiger partial charge in [-0.05, 0) is 62.4 Å². The first-order chi connectivity index (χ1) is 12.4. The molecule has 0 aromatic heterocycles. The quantitative estimate of drug-likeness (QED) is 0.771. The highest BCUT2D eigenvalue weighted by atomic mass is 35.5. The summed E-state index contributed by atoms with van der Waals surface area (Å²) in [6, 6.07) is 7.58. The first-order valence-corrected chi connectivity index (χ1v) is 9.71. The van der Waals surface area contributed by atoms with Gasteiger partial charge in [0.2, 0.25) is 5.91 Å². The predicted molar refractivity (Wildman–Crippen MR) is 112 cm³/mol. The lowest BCUT2D eigenvalue weighted by molar-refractivity contribution is -0.133. The van der Waals surface area contributed by atoms with Gasteiger partial charge in [0.1, 0.15) is 0 Å². The number of rotatable bonds is 7. The molecule has 0 bridgehead atoms. The Labute approximate surface area is 169 Å². The standard InChI is InChI=1S/C21H33N3O2.ClH/c1-5-24(20(25)14-16(2)18-10-12-22-13-11-18)15-17-6-8-19(9-7-17)21(26)23(3)4;/h6-9,16,18,22H,5,10-15H2,1-4H3;1H. The fourth-order valence-corrected chi connectivity index (χ4v) is 3.59. The highest BCUT2D eigenvalue weighted by molar-refractivity contribution is 5.93. The lowest BCUT2D eigenvalue weighted by atomic mass is 9.84. The maximum Gasteiger partial charge on any atom is 0.253 e. The van der Waals surface area contributed by atoms with Crippen LogP contribution in [0.1, 0.15) is 49.0 Å². The van der Waals surface area contributed by atoms with Gasteiger partial charge in [-0.2, -0.15) is 0 Å². The summed E-state index contributed by atoms with van der Waals surface area (Å²) in [5.74, 6) is 1.30. The monoisotopic (exact) mass is 395 g/mol. The maximum atomic E-state index is 12.7. The number of hydrogen-bond donors (Lipinski definition) is 1. The Morgan fingerprint density at radius 2 is 1.74 bits per heavy atom. The summed E-state index contributed by atoms with van der Waals surface area (Å²) < 4.78 is 0. The normalized spacial score (nSPS) is 15.6. The molecule has 27 heavy (non-hydrogen) atoms. The Morgan fingerprint density at radius 1 is 1.15 bits per heavy atom. The average molecular weight is 396 g/mol. The second kappa shape index (κ2) is 11.3. The molecule has 1 aliphatic rings. The Kier molecular flexibility index (Phi) is 9.81. The van der Waals surface area contributed by atoms with Crippen molar-refractivity contribution >= 4 is 24.2 Å². The molecule has 1 aromatic rings. The number of benzene rings is 1. The Bertz CT molecular complexity index is 598. The highest BCUT2D eigenvalue weighted by Crippen LogP contribution is 2.25. The van der Waals surface area contributed by atoms with Crippen molar-refractivity contribution in [1.29, 1.82) is 0 Å². The van der Waals surface area contributed by atoms with Gasteiger partial charge in [0.15, 0.2) is 0 Å². The van der Waals surface area contributed by atoms with Crippen molar-refractivity contribution in [2.45, 2.75) is 39.7 Å². The van der Waals surface area contributed by atoms with Gasteiger partial charge in [-0.15, -0.1) is 12.4 Å². The van der Waals surface area contributed by atoms with E-state index in [1.165, 1.54) is 12.8 Å². The van der Waals surface area contributed by atoms with E-state index < -0.39 is 0 Å². The van der Waals surface area contributed by atoms with Crippen LogP contribution in [0.15, 0.2) is 24.3 Å². The molecule has 1 fully saturated rings. The minimum atomic E-state index is -0.00392. The molecule has 1 N–H and O–H groups in total. The first-order valence-electron chi connectivity index (χ1n) is 9.71. The molecule has 0 aliphatic carbocycles. The van der Waals surface area contributed by atoms with E-state index in [4.69, 9.17) is 0 Å². The Hall–Kier alpha value is -1.59. The fourth-order valence-electron chi connectivity index (χ4n) is 3.59. The summed E-state index contributed by atoms with van der Waals surface area (Å²) in [6.07, 6.45) is 2.96. The summed E-state index contributed by atoms with van der Waals surface area (Å²) in [4.78, 5) is 28.2. The fraction of sp³-hybridized carbons (Fsp3) is 0.619. The summed E-state index contributed by atoms with van der Waals surface area (Å²) >= 11 is 0. The highest BCUT2D eigenvalue weighted by Gasteiger charge is 2.24. The number of nitrogens with zero attached hydrogens (tertiary/aromatic N) is 2. The molecule has 0 spiro atoms. The molecule has 152 valence electrons. The van der Waals surface area contributed by atoms with Gasteiger partial charge >= 0.3 is 0 Å². The van der Waals surface area contributed by atoms with Gasteiger partial charge in [-0.3, -0.25) is 9.59 Å². The molecule has 2 rings (SSSR count). The van der Waals surface area contributed by atoms with Gasteiger partial charge in [0, 0.05) is 39.2 Å². The number of hydrogen-bond acceptors (Lipinski definition) is 3. The van der Waals surface area contributed by atoms with Crippen LogP contribution in [0.3, 0.4) is 0 Å². The number of halogens is 1. The van der Waals surface area contributed by atoms with Gasteiger partial charge < -0.3 is 15.1 Å². The van der Waals surface area contributed by atoms with Crippen molar-refractivity contribution in [3.05, 3.63) is 35.4 Å². The minimum absolute atomic E-state index is 0. The zero-order valence-electron chi connectivity index (χ0n) is 17.0. The van der Waals surface area contributed by atoms with Gasteiger partial charge in [-0.1, -0.05) is 19.1 Å². The number of piperidine rings is 1. The molecule has 0 saturated carbocycles. The van der Waals surface area contributed by atoms with E-state index in [-0.39, 0.29) is 24.2 Å². The molecule has 1 atom stereocenters. The van der Waals surface area contributed by atoms with E-state index >= 15 is 0 Å². The summed E-state index contributed by atoms with van der Waals surface area (Å²) in [5, 5.41) is 3.39. The van der Waals surface area contributed by atoms with Crippen molar-refractivity contribution in [2.75, 3.05) is 33.7 Å². The Balaban J connectivity index is 0.00000364. The molecule has 5 nitrogen and oxygen atoms in total. The summed E-state index contributed by atoms with van der Waals surface area (Å²) in [6.45, 7) is 7.68. The second-order valence-electron chi connectivity index (χ2n) is 7.57. The smallest absolute Gasteiger partial charge is 0.253 e. The molecule has 6 heteroatoms. The molecule has 1 unspecified atom stereocenters.